The van der Waals surface area contributed by atoms with Gasteiger partial charge in [0.05, 0.1) is 0 Å². The molecule has 0 heterocycles. The molecule has 0 radical (unpaired) electrons. The summed E-state index contributed by atoms with van der Waals surface area (Å²) in [5.74, 6) is 1.48. The van der Waals surface area contributed by atoms with E-state index in [1.54, 1.807) is 0 Å². The molecule has 1 heteroatoms. The van der Waals surface area contributed by atoms with Crippen LogP contribution in [0.1, 0.15) is 30.5 Å². The van der Waals surface area contributed by atoms with Gasteiger partial charge in [0.25, 0.3) is 0 Å². The van der Waals surface area contributed by atoms with Crippen molar-refractivity contribution in [3.63, 3.8) is 0 Å². The SMILES string of the molecule is Cc1cc(C)cc(CC(CBr)C(C)C)c1. The van der Waals surface area contributed by atoms with Crippen LogP contribution in [0.2, 0.25) is 0 Å². The molecule has 0 saturated carbocycles. The maximum absolute atomic E-state index is 3.61. The van der Waals surface area contributed by atoms with E-state index in [1.807, 2.05) is 0 Å². The second kappa shape index (κ2) is 5.69. The zero-order valence-electron chi connectivity index (χ0n) is 10.2. The van der Waals surface area contributed by atoms with Crippen molar-refractivity contribution in [2.24, 2.45) is 11.8 Å². The summed E-state index contributed by atoms with van der Waals surface area (Å²) in [6.07, 6.45) is 1.19. The van der Waals surface area contributed by atoms with Crippen LogP contribution in [-0.4, -0.2) is 5.33 Å². The summed E-state index contributed by atoms with van der Waals surface area (Å²) in [7, 11) is 0. The topological polar surface area (TPSA) is 0 Å². The number of hydrogen-bond acceptors (Lipinski definition) is 0. The van der Waals surface area contributed by atoms with Gasteiger partial charge in [-0.05, 0) is 37.7 Å². The van der Waals surface area contributed by atoms with Gasteiger partial charge in [0.15, 0.2) is 0 Å². The number of halogens is 1. The van der Waals surface area contributed by atoms with E-state index < -0.39 is 0 Å². The highest BCUT2D eigenvalue weighted by Gasteiger charge is 2.12. The highest BCUT2D eigenvalue weighted by Crippen LogP contribution is 2.20. The van der Waals surface area contributed by atoms with E-state index in [0.29, 0.717) is 0 Å². The Bertz CT molecular complexity index is 295. The predicted molar refractivity (Wildman–Crippen MR) is 71.7 cm³/mol. The molecule has 0 N–H and O–H groups in total. The van der Waals surface area contributed by atoms with Gasteiger partial charge in [-0.2, -0.15) is 0 Å². The van der Waals surface area contributed by atoms with Crippen molar-refractivity contribution in [1.29, 1.82) is 0 Å². The standard InChI is InChI=1S/C14H21Br/c1-10(2)14(9-15)8-13-6-11(3)5-12(4)7-13/h5-7,10,14H,8-9H2,1-4H3. The fourth-order valence-corrected chi connectivity index (χ4v) is 2.93. The van der Waals surface area contributed by atoms with Crippen LogP contribution in [0.25, 0.3) is 0 Å². The Hall–Kier alpha value is -0.300. The van der Waals surface area contributed by atoms with Gasteiger partial charge in [0.1, 0.15) is 0 Å². The van der Waals surface area contributed by atoms with Crippen LogP contribution in [0, 0.1) is 25.7 Å². The predicted octanol–water partition coefficient (Wildman–Crippen LogP) is 4.51. The molecule has 0 amide bonds. The van der Waals surface area contributed by atoms with Crippen LogP contribution in [0.5, 0.6) is 0 Å². The Kier molecular flexibility index (Phi) is 4.85. The third-order valence-electron chi connectivity index (χ3n) is 2.92. The number of aryl methyl sites for hydroxylation is 2. The maximum atomic E-state index is 3.61. The van der Waals surface area contributed by atoms with Gasteiger partial charge in [-0.3, -0.25) is 0 Å². The third-order valence-corrected chi connectivity index (χ3v) is 3.75. The molecule has 0 nitrogen and oxygen atoms in total. The molecule has 0 aliphatic rings. The van der Waals surface area contributed by atoms with Crippen molar-refractivity contribution in [2.45, 2.75) is 34.1 Å². The molecule has 84 valence electrons. The number of benzene rings is 1. The molecule has 0 saturated heterocycles. The largest absolute Gasteiger partial charge is 0.0925 e. The van der Waals surface area contributed by atoms with E-state index in [2.05, 4.69) is 61.8 Å². The first-order chi connectivity index (χ1) is 7.02. The van der Waals surface area contributed by atoms with Crippen LogP contribution < -0.4 is 0 Å². The van der Waals surface area contributed by atoms with Crippen LogP contribution in [-0.2, 0) is 6.42 Å². The summed E-state index contributed by atoms with van der Waals surface area (Å²) in [4.78, 5) is 0. The summed E-state index contributed by atoms with van der Waals surface area (Å²) in [5, 5.41) is 1.09. The average Bonchev–Trinajstić information content (AvgIpc) is 2.12. The zero-order chi connectivity index (χ0) is 11.4. The van der Waals surface area contributed by atoms with Crippen LogP contribution in [0.4, 0.5) is 0 Å². The van der Waals surface area contributed by atoms with E-state index in [-0.39, 0.29) is 0 Å². The Morgan fingerprint density at radius 3 is 2.00 bits per heavy atom. The minimum absolute atomic E-state index is 0.741. The molecule has 0 fully saturated rings. The van der Waals surface area contributed by atoms with Gasteiger partial charge in [0.2, 0.25) is 0 Å². The summed E-state index contributed by atoms with van der Waals surface area (Å²) in [6, 6.07) is 6.86. The van der Waals surface area contributed by atoms with E-state index in [9.17, 15) is 0 Å². The Morgan fingerprint density at radius 2 is 1.60 bits per heavy atom. The zero-order valence-corrected chi connectivity index (χ0v) is 11.8. The van der Waals surface area contributed by atoms with Gasteiger partial charge in [-0.1, -0.05) is 59.1 Å². The number of rotatable bonds is 4. The normalized spacial score (nSPS) is 13.2. The smallest absolute Gasteiger partial charge is 0.00652 e. The Morgan fingerprint density at radius 1 is 1.07 bits per heavy atom. The average molecular weight is 269 g/mol. The monoisotopic (exact) mass is 268 g/mol. The van der Waals surface area contributed by atoms with Gasteiger partial charge in [-0.15, -0.1) is 0 Å². The molecule has 1 atom stereocenters. The summed E-state index contributed by atoms with van der Waals surface area (Å²) in [5.41, 5.74) is 4.23. The molecule has 0 aliphatic heterocycles. The van der Waals surface area contributed by atoms with E-state index in [0.717, 1.165) is 17.2 Å². The lowest BCUT2D eigenvalue weighted by Gasteiger charge is -2.18. The first-order valence-corrected chi connectivity index (χ1v) is 6.78. The fourth-order valence-electron chi connectivity index (χ4n) is 1.96. The van der Waals surface area contributed by atoms with E-state index in [4.69, 9.17) is 0 Å². The molecule has 0 aromatic heterocycles. The Balaban J connectivity index is 2.79. The third kappa shape index (κ3) is 3.98. The quantitative estimate of drug-likeness (QED) is 0.705. The highest BCUT2D eigenvalue weighted by atomic mass is 79.9. The molecular formula is C14H21Br. The Labute approximate surface area is 102 Å². The summed E-state index contributed by atoms with van der Waals surface area (Å²) < 4.78 is 0. The van der Waals surface area contributed by atoms with Gasteiger partial charge in [0, 0.05) is 5.33 Å². The van der Waals surface area contributed by atoms with Crippen molar-refractivity contribution in [1.82, 2.24) is 0 Å². The second-order valence-electron chi connectivity index (χ2n) is 4.86. The van der Waals surface area contributed by atoms with Gasteiger partial charge >= 0.3 is 0 Å². The lowest BCUT2D eigenvalue weighted by molar-refractivity contribution is 0.427. The fraction of sp³-hybridized carbons (Fsp3) is 0.571. The van der Waals surface area contributed by atoms with Crippen LogP contribution in [0.3, 0.4) is 0 Å². The molecular weight excluding hydrogens is 248 g/mol. The maximum Gasteiger partial charge on any atom is 0.00652 e. The van der Waals surface area contributed by atoms with Crippen molar-refractivity contribution in [3.8, 4) is 0 Å². The lowest BCUT2D eigenvalue weighted by Crippen LogP contribution is -2.13. The molecule has 1 rings (SSSR count). The molecule has 1 unspecified atom stereocenters. The minimum atomic E-state index is 0.741. The first kappa shape index (κ1) is 12.8. The summed E-state index contributed by atoms with van der Waals surface area (Å²) in [6.45, 7) is 8.95. The molecule has 1 aromatic rings. The molecule has 1 aromatic carbocycles. The lowest BCUT2D eigenvalue weighted by atomic mass is 9.90. The molecule has 15 heavy (non-hydrogen) atoms. The second-order valence-corrected chi connectivity index (χ2v) is 5.51. The summed E-state index contributed by atoms with van der Waals surface area (Å²) >= 11 is 3.61. The molecule has 0 spiro atoms. The number of hydrogen-bond donors (Lipinski definition) is 0. The molecule has 0 bridgehead atoms. The van der Waals surface area contributed by atoms with Crippen molar-refractivity contribution in [2.75, 3.05) is 5.33 Å². The highest BCUT2D eigenvalue weighted by molar-refractivity contribution is 9.09. The minimum Gasteiger partial charge on any atom is -0.0925 e. The van der Waals surface area contributed by atoms with Gasteiger partial charge in [-0.25, -0.2) is 0 Å². The van der Waals surface area contributed by atoms with E-state index in [1.165, 1.54) is 23.1 Å². The van der Waals surface area contributed by atoms with Crippen LogP contribution >= 0.6 is 15.9 Å². The van der Waals surface area contributed by atoms with Gasteiger partial charge < -0.3 is 0 Å². The first-order valence-electron chi connectivity index (χ1n) is 5.66. The van der Waals surface area contributed by atoms with Crippen molar-refractivity contribution < 1.29 is 0 Å². The number of alkyl halides is 1. The van der Waals surface area contributed by atoms with E-state index >= 15 is 0 Å². The molecule has 0 aliphatic carbocycles. The van der Waals surface area contributed by atoms with Crippen molar-refractivity contribution in [3.05, 3.63) is 34.9 Å². The van der Waals surface area contributed by atoms with Crippen molar-refractivity contribution >= 4 is 15.9 Å². The van der Waals surface area contributed by atoms with Crippen LogP contribution in [0.15, 0.2) is 18.2 Å².